The average molecular weight is 239 g/mol. The minimum absolute atomic E-state index is 0.704. The topological polar surface area (TPSA) is 12.0 Å². The van der Waals surface area contributed by atoms with Gasteiger partial charge in [0.15, 0.2) is 0 Å². The zero-order valence-electron chi connectivity index (χ0n) is 10.8. The van der Waals surface area contributed by atoms with Crippen LogP contribution in [0, 0.1) is 5.92 Å². The van der Waals surface area contributed by atoms with E-state index >= 15 is 0 Å². The van der Waals surface area contributed by atoms with Crippen molar-refractivity contribution in [2.45, 2.75) is 52.0 Å². The standard InChI is InChI=1S/C14H25NS/c1-4-12(2)11-13(15-3)7-5-8-14-9-6-10-16-14/h6,9-10,12-13,15H,4-5,7-8,11H2,1-3H3. The van der Waals surface area contributed by atoms with E-state index in [9.17, 15) is 0 Å². The lowest BCUT2D eigenvalue weighted by Gasteiger charge is -2.19. The van der Waals surface area contributed by atoms with Crippen LogP contribution in [0.3, 0.4) is 0 Å². The largest absolute Gasteiger partial charge is 0.317 e. The van der Waals surface area contributed by atoms with E-state index in [2.05, 4.69) is 43.7 Å². The van der Waals surface area contributed by atoms with Gasteiger partial charge in [-0.05, 0) is 50.1 Å². The molecule has 0 saturated heterocycles. The van der Waals surface area contributed by atoms with Crippen molar-refractivity contribution < 1.29 is 0 Å². The summed E-state index contributed by atoms with van der Waals surface area (Å²) in [7, 11) is 2.10. The Hall–Kier alpha value is -0.340. The van der Waals surface area contributed by atoms with Crippen molar-refractivity contribution in [3.8, 4) is 0 Å². The molecule has 16 heavy (non-hydrogen) atoms. The van der Waals surface area contributed by atoms with Crippen LogP contribution in [0.1, 0.15) is 44.4 Å². The first-order valence-electron chi connectivity index (χ1n) is 6.45. The molecule has 2 atom stereocenters. The summed E-state index contributed by atoms with van der Waals surface area (Å²) in [5, 5.41) is 5.62. The summed E-state index contributed by atoms with van der Waals surface area (Å²) in [6, 6.07) is 5.09. The second-order valence-electron chi connectivity index (χ2n) is 4.71. The molecule has 0 spiro atoms. The molecule has 0 saturated carbocycles. The Labute approximate surface area is 104 Å². The number of aryl methyl sites for hydroxylation is 1. The predicted octanol–water partition coefficient (Wildman–Crippen LogP) is 4.10. The van der Waals surface area contributed by atoms with Gasteiger partial charge in [-0.2, -0.15) is 0 Å². The first-order valence-corrected chi connectivity index (χ1v) is 7.33. The van der Waals surface area contributed by atoms with Gasteiger partial charge in [0.25, 0.3) is 0 Å². The minimum Gasteiger partial charge on any atom is -0.317 e. The van der Waals surface area contributed by atoms with E-state index < -0.39 is 0 Å². The van der Waals surface area contributed by atoms with Crippen molar-refractivity contribution in [2.24, 2.45) is 5.92 Å². The summed E-state index contributed by atoms with van der Waals surface area (Å²) in [5.41, 5.74) is 0. The number of nitrogens with one attached hydrogen (secondary N) is 1. The fourth-order valence-electron chi connectivity index (χ4n) is 2.01. The first kappa shape index (κ1) is 13.7. The van der Waals surface area contributed by atoms with E-state index in [4.69, 9.17) is 0 Å². The first-order chi connectivity index (χ1) is 7.76. The van der Waals surface area contributed by atoms with Crippen molar-refractivity contribution in [3.05, 3.63) is 22.4 Å². The van der Waals surface area contributed by atoms with Gasteiger partial charge in [0.2, 0.25) is 0 Å². The van der Waals surface area contributed by atoms with E-state index in [-0.39, 0.29) is 0 Å². The lowest BCUT2D eigenvalue weighted by molar-refractivity contribution is 0.389. The Balaban J connectivity index is 2.18. The van der Waals surface area contributed by atoms with Gasteiger partial charge in [0.1, 0.15) is 0 Å². The smallest absolute Gasteiger partial charge is 0.00667 e. The molecule has 0 radical (unpaired) electrons. The van der Waals surface area contributed by atoms with Gasteiger partial charge >= 0.3 is 0 Å². The predicted molar refractivity (Wildman–Crippen MR) is 74.2 cm³/mol. The maximum atomic E-state index is 3.45. The van der Waals surface area contributed by atoms with Gasteiger partial charge in [-0.1, -0.05) is 26.3 Å². The summed E-state index contributed by atoms with van der Waals surface area (Å²) >= 11 is 1.88. The molecule has 0 aliphatic carbocycles. The molecule has 1 heterocycles. The average Bonchev–Trinajstić information content (AvgIpc) is 2.80. The monoisotopic (exact) mass is 239 g/mol. The van der Waals surface area contributed by atoms with E-state index in [1.54, 1.807) is 0 Å². The second kappa shape index (κ2) is 7.86. The summed E-state index contributed by atoms with van der Waals surface area (Å²) in [6.07, 6.45) is 6.47. The van der Waals surface area contributed by atoms with E-state index in [0.717, 1.165) is 5.92 Å². The second-order valence-corrected chi connectivity index (χ2v) is 5.74. The van der Waals surface area contributed by atoms with Crippen LogP contribution in [0.25, 0.3) is 0 Å². The van der Waals surface area contributed by atoms with Crippen LogP contribution in [0.5, 0.6) is 0 Å². The molecule has 0 aliphatic rings. The Morgan fingerprint density at radius 1 is 1.44 bits per heavy atom. The highest BCUT2D eigenvalue weighted by atomic mass is 32.1. The summed E-state index contributed by atoms with van der Waals surface area (Å²) in [6.45, 7) is 4.63. The molecule has 0 aliphatic heterocycles. The minimum atomic E-state index is 0.704. The summed E-state index contributed by atoms with van der Waals surface area (Å²) < 4.78 is 0. The molecule has 1 N–H and O–H groups in total. The van der Waals surface area contributed by atoms with Crippen LogP contribution in [-0.4, -0.2) is 13.1 Å². The zero-order valence-corrected chi connectivity index (χ0v) is 11.6. The quantitative estimate of drug-likeness (QED) is 0.720. The third kappa shape index (κ3) is 5.13. The number of hydrogen-bond donors (Lipinski definition) is 1. The molecular weight excluding hydrogens is 214 g/mol. The van der Waals surface area contributed by atoms with Crippen LogP contribution >= 0.6 is 11.3 Å². The fraction of sp³-hybridized carbons (Fsp3) is 0.714. The molecule has 2 heteroatoms. The molecule has 0 fully saturated rings. The SMILES string of the molecule is CCC(C)CC(CCCc1cccs1)NC. The van der Waals surface area contributed by atoms with Crippen molar-refractivity contribution in [3.63, 3.8) is 0 Å². The van der Waals surface area contributed by atoms with Crippen molar-refractivity contribution in [1.82, 2.24) is 5.32 Å². The molecule has 1 aromatic rings. The highest BCUT2D eigenvalue weighted by Crippen LogP contribution is 2.16. The van der Waals surface area contributed by atoms with Crippen molar-refractivity contribution in [2.75, 3.05) is 7.05 Å². The normalized spacial score (nSPS) is 14.9. The Bertz CT molecular complexity index is 256. The molecule has 2 unspecified atom stereocenters. The third-order valence-corrected chi connectivity index (χ3v) is 4.28. The van der Waals surface area contributed by atoms with Crippen LogP contribution in [-0.2, 0) is 6.42 Å². The summed E-state index contributed by atoms with van der Waals surface area (Å²) in [5.74, 6) is 0.846. The highest BCUT2D eigenvalue weighted by Gasteiger charge is 2.09. The fourth-order valence-corrected chi connectivity index (χ4v) is 2.76. The molecule has 92 valence electrons. The molecule has 1 aromatic heterocycles. The molecule has 0 amide bonds. The number of thiophene rings is 1. The maximum Gasteiger partial charge on any atom is 0.00667 e. The molecular formula is C14H25NS. The maximum absolute atomic E-state index is 3.45. The van der Waals surface area contributed by atoms with Gasteiger partial charge < -0.3 is 5.32 Å². The Morgan fingerprint density at radius 2 is 2.25 bits per heavy atom. The van der Waals surface area contributed by atoms with Gasteiger partial charge in [-0.3, -0.25) is 0 Å². The summed E-state index contributed by atoms with van der Waals surface area (Å²) in [4.78, 5) is 1.53. The van der Waals surface area contributed by atoms with Crippen LogP contribution in [0.15, 0.2) is 17.5 Å². The van der Waals surface area contributed by atoms with Gasteiger partial charge in [0.05, 0.1) is 0 Å². The van der Waals surface area contributed by atoms with Gasteiger partial charge in [-0.25, -0.2) is 0 Å². The Kier molecular flexibility index (Phi) is 6.74. The molecule has 0 aromatic carbocycles. The zero-order chi connectivity index (χ0) is 11.8. The van der Waals surface area contributed by atoms with E-state index in [0.29, 0.717) is 6.04 Å². The van der Waals surface area contributed by atoms with Crippen LogP contribution < -0.4 is 5.32 Å². The third-order valence-electron chi connectivity index (χ3n) is 3.35. The lowest BCUT2D eigenvalue weighted by Crippen LogP contribution is -2.27. The van der Waals surface area contributed by atoms with E-state index in [1.807, 2.05) is 11.3 Å². The molecule has 0 bridgehead atoms. The van der Waals surface area contributed by atoms with Crippen molar-refractivity contribution >= 4 is 11.3 Å². The Morgan fingerprint density at radius 3 is 2.81 bits per heavy atom. The highest BCUT2D eigenvalue weighted by molar-refractivity contribution is 7.09. The number of rotatable bonds is 8. The lowest BCUT2D eigenvalue weighted by atomic mass is 9.96. The molecule has 1 nitrogen and oxygen atoms in total. The van der Waals surface area contributed by atoms with E-state index in [1.165, 1.54) is 37.0 Å². The van der Waals surface area contributed by atoms with Crippen LogP contribution in [0.2, 0.25) is 0 Å². The van der Waals surface area contributed by atoms with Crippen molar-refractivity contribution in [1.29, 1.82) is 0 Å². The van der Waals surface area contributed by atoms with Gasteiger partial charge in [-0.15, -0.1) is 11.3 Å². The van der Waals surface area contributed by atoms with Crippen LogP contribution in [0.4, 0.5) is 0 Å². The number of hydrogen-bond acceptors (Lipinski definition) is 2. The van der Waals surface area contributed by atoms with Gasteiger partial charge in [0, 0.05) is 10.9 Å². The molecule has 1 rings (SSSR count).